The van der Waals surface area contributed by atoms with Crippen LogP contribution in [0.4, 0.5) is 31.1 Å². The number of rotatable bonds is 4. The lowest BCUT2D eigenvalue weighted by molar-refractivity contribution is -0.356. The number of amides is 1. The molecule has 0 aromatic heterocycles. The summed E-state index contributed by atoms with van der Waals surface area (Å²) in [6.07, 6.45) is -10.6. The molecule has 4 aliphatic rings. The van der Waals surface area contributed by atoms with Crippen molar-refractivity contribution in [3.8, 4) is 0 Å². The fraction of sp³-hybridized carbons (Fsp3) is 0.933. The van der Waals surface area contributed by atoms with Crippen LogP contribution < -0.4 is 5.32 Å². The van der Waals surface area contributed by atoms with Crippen molar-refractivity contribution in [1.29, 1.82) is 0 Å². The van der Waals surface area contributed by atoms with E-state index < -0.39 is 45.5 Å². The Balaban J connectivity index is 1.85. The first-order valence-corrected chi connectivity index (χ1v) is 10.2. The Morgan fingerprint density at radius 3 is 1.68 bits per heavy atom. The Bertz CT molecular complexity index is 698. The number of carbonyl (C=O) groups is 1. The molecule has 4 fully saturated rings. The Labute approximate surface area is 156 Å². The summed E-state index contributed by atoms with van der Waals surface area (Å²) in [5.41, 5.74) is -6.33. The standard InChI is InChI=1S/C15H19F6NO5S/c16-14(17,18)13(15(19,20)21,7-28(24,25)26)27-11(23)22-12-4-8-1-9(5-12)3-10(2-8)6-12/h8-10H,1-7H2,(H,22,23)(H,24,25,26). The van der Waals surface area contributed by atoms with E-state index in [9.17, 15) is 39.6 Å². The predicted octanol–water partition coefficient (Wildman–Crippen LogP) is 3.43. The molecule has 0 heterocycles. The highest BCUT2D eigenvalue weighted by atomic mass is 32.2. The van der Waals surface area contributed by atoms with Crippen LogP contribution in [0.15, 0.2) is 0 Å². The van der Waals surface area contributed by atoms with Crippen molar-refractivity contribution in [2.45, 2.75) is 62.0 Å². The minimum Gasteiger partial charge on any atom is -0.422 e. The van der Waals surface area contributed by atoms with E-state index >= 15 is 0 Å². The molecular weight excluding hydrogens is 420 g/mol. The monoisotopic (exact) mass is 439 g/mol. The highest BCUT2D eigenvalue weighted by Gasteiger charge is 2.76. The summed E-state index contributed by atoms with van der Waals surface area (Å²) < 4.78 is 114. The minimum absolute atomic E-state index is 0.236. The zero-order valence-corrected chi connectivity index (χ0v) is 15.3. The molecule has 4 bridgehead atoms. The van der Waals surface area contributed by atoms with Gasteiger partial charge in [0.15, 0.2) is 0 Å². The molecular formula is C15H19F6NO5S. The van der Waals surface area contributed by atoms with Crippen LogP contribution in [0.2, 0.25) is 0 Å². The molecule has 4 aliphatic carbocycles. The van der Waals surface area contributed by atoms with Crippen molar-refractivity contribution < 1.29 is 48.8 Å². The average Bonchev–Trinajstić information content (AvgIpc) is 2.39. The van der Waals surface area contributed by atoms with E-state index in [1.807, 2.05) is 0 Å². The molecule has 1 amide bonds. The van der Waals surface area contributed by atoms with Crippen molar-refractivity contribution in [2.75, 3.05) is 5.75 Å². The van der Waals surface area contributed by atoms with E-state index in [1.165, 1.54) is 0 Å². The van der Waals surface area contributed by atoms with Gasteiger partial charge in [0.1, 0.15) is 5.75 Å². The molecule has 4 saturated carbocycles. The van der Waals surface area contributed by atoms with Gasteiger partial charge in [0.05, 0.1) is 0 Å². The van der Waals surface area contributed by atoms with E-state index in [-0.39, 0.29) is 17.8 Å². The quantitative estimate of drug-likeness (QED) is 0.517. The number of halogens is 6. The number of carbonyl (C=O) groups excluding carboxylic acids is 1. The Hall–Kier alpha value is -1.24. The second-order valence-electron chi connectivity index (χ2n) is 8.26. The van der Waals surface area contributed by atoms with Gasteiger partial charge in [-0.05, 0) is 56.3 Å². The zero-order chi connectivity index (χ0) is 21.2. The lowest BCUT2D eigenvalue weighted by Crippen LogP contribution is -2.66. The van der Waals surface area contributed by atoms with Gasteiger partial charge in [-0.3, -0.25) is 4.55 Å². The number of hydrogen-bond donors (Lipinski definition) is 2. The summed E-state index contributed by atoms with van der Waals surface area (Å²) in [5.74, 6) is -2.17. The van der Waals surface area contributed by atoms with E-state index in [0.717, 1.165) is 19.3 Å². The van der Waals surface area contributed by atoms with Crippen LogP contribution in [0.3, 0.4) is 0 Å². The van der Waals surface area contributed by atoms with Crippen LogP contribution in [-0.2, 0) is 14.9 Å². The summed E-state index contributed by atoms with van der Waals surface area (Å²) in [6, 6.07) is 0. The average molecular weight is 439 g/mol. The largest absolute Gasteiger partial charge is 0.438 e. The van der Waals surface area contributed by atoms with Crippen LogP contribution in [0.5, 0.6) is 0 Å². The van der Waals surface area contributed by atoms with Gasteiger partial charge in [-0.1, -0.05) is 0 Å². The number of hydrogen-bond acceptors (Lipinski definition) is 4. The maximum Gasteiger partial charge on any atom is 0.438 e. The van der Waals surface area contributed by atoms with Crippen molar-refractivity contribution in [3.05, 3.63) is 0 Å². The summed E-state index contributed by atoms with van der Waals surface area (Å²) in [6.45, 7) is 0. The van der Waals surface area contributed by atoms with Gasteiger partial charge < -0.3 is 10.1 Å². The van der Waals surface area contributed by atoms with Crippen molar-refractivity contribution >= 4 is 16.2 Å². The lowest BCUT2D eigenvalue weighted by Gasteiger charge is -2.56. The molecule has 6 nitrogen and oxygen atoms in total. The molecule has 0 aliphatic heterocycles. The number of alkyl halides is 6. The Morgan fingerprint density at radius 1 is 0.964 bits per heavy atom. The number of nitrogens with one attached hydrogen (secondary N) is 1. The van der Waals surface area contributed by atoms with Crippen molar-refractivity contribution in [2.24, 2.45) is 17.8 Å². The van der Waals surface area contributed by atoms with Gasteiger partial charge >= 0.3 is 24.0 Å². The second-order valence-corrected chi connectivity index (χ2v) is 9.71. The van der Waals surface area contributed by atoms with Crippen molar-refractivity contribution in [3.63, 3.8) is 0 Å². The fourth-order valence-electron chi connectivity index (χ4n) is 5.39. The number of alkyl carbamates (subject to hydrolysis) is 1. The van der Waals surface area contributed by atoms with E-state index in [1.54, 1.807) is 0 Å². The van der Waals surface area contributed by atoms with E-state index in [2.05, 4.69) is 10.1 Å². The third-order valence-corrected chi connectivity index (χ3v) is 6.75. The lowest BCUT2D eigenvalue weighted by atomic mass is 9.53. The van der Waals surface area contributed by atoms with E-state index in [4.69, 9.17) is 4.55 Å². The Kier molecular flexibility index (Phi) is 4.89. The molecule has 0 aromatic rings. The third-order valence-electron chi connectivity index (χ3n) is 5.97. The second kappa shape index (κ2) is 6.38. The van der Waals surface area contributed by atoms with Gasteiger partial charge in [-0.25, -0.2) is 4.79 Å². The molecule has 0 radical (unpaired) electrons. The highest BCUT2D eigenvalue weighted by Crippen LogP contribution is 2.56. The topological polar surface area (TPSA) is 92.7 Å². The van der Waals surface area contributed by atoms with Gasteiger partial charge in [-0.2, -0.15) is 34.8 Å². The SMILES string of the molecule is O=C(NC12CC3CC(CC(C3)C1)C2)OC(CS(=O)(=O)O)(C(F)(F)F)C(F)(F)F. The first-order chi connectivity index (χ1) is 12.5. The summed E-state index contributed by atoms with van der Waals surface area (Å²) in [4.78, 5) is 12.1. The van der Waals surface area contributed by atoms with Gasteiger partial charge in [0, 0.05) is 5.54 Å². The van der Waals surface area contributed by atoms with Crippen LogP contribution >= 0.6 is 0 Å². The van der Waals surface area contributed by atoms with Gasteiger partial charge in [0.25, 0.3) is 10.1 Å². The number of ether oxygens (including phenoxy) is 1. The van der Waals surface area contributed by atoms with Crippen LogP contribution in [-0.4, -0.2) is 48.3 Å². The van der Waals surface area contributed by atoms with Crippen LogP contribution in [0.25, 0.3) is 0 Å². The van der Waals surface area contributed by atoms with Crippen LogP contribution in [0, 0.1) is 17.8 Å². The van der Waals surface area contributed by atoms with E-state index in [0.29, 0.717) is 19.3 Å². The predicted molar refractivity (Wildman–Crippen MR) is 81.8 cm³/mol. The third kappa shape index (κ3) is 3.91. The molecule has 0 spiro atoms. The molecule has 2 N–H and O–H groups in total. The summed E-state index contributed by atoms with van der Waals surface area (Å²) in [7, 11) is -5.79. The fourth-order valence-corrected chi connectivity index (χ4v) is 6.29. The highest BCUT2D eigenvalue weighted by molar-refractivity contribution is 7.85. The van der Waals surface area contributed by atoms with Crippen LogP contribution in [0.1, 0.15) is 38.5 Å². The first-order valence-electron chi connectivity index (χ1n) is 8.64. The molecule has 28 heavy (non-hydrogen) atoms. The van der Waals surface area contributed by atoms with Gasteiger partial charge in [-0.15, -0.1) is 0 Å². The molecule has 0 unspecified atom stereocenters. The smallest absolute Gasteiger partial charge is 0.422 e. The molecule has 4 rings (SSSR count). The molecule has 0 saturated heterocycles. The maximum atomic E-state index is 13.3. The summed E-state index contributed by atoms with van der Waals surface area (Å²) >= 11 is 0. The first kappa shape index (κ1) is 21.5. The molecule has 0 aromatic carbocycles. The zero-order valence-electron chi connectivity index (χ0n) is 14.4. The maximum absolute atomic E-state index is 13.3. The Morgan fingerprint density at radius 2 is 1.36 bits per heavy atom. The van der Waals surface area contributed by atoms with Crippen molar-refractivity contribution in [1.82, 2.24) is 5.32 Å². The normalized spacial score (nSPS) is 33.0. The van der Waals surface area contributed by atoms with Gasteiger partial charge in [0.2, 0.25) is 0 Å². The molecule has 13 heteroatoms. The molecule has 162 valence electrons. The molecule has 0 atom stereocenters. The summed E-state index contributed by atoms with van der Waals surface area (Å²) in [5, 5.41) is 2.17. The minimum atomic E-state index is -6.32.